The van der Waals surface area contributed by atoms with Crippen molar-refractivity contribution < 1.29 is 29.3 Å². The number of hydrogen-bond donors (Lipinski definition) is 4. The monoisotopic (exact) mass is 560 g/mol. The van der Waals surface area contributed by atoms with Crippen molar-refractivity contribution in [2.45, 2.75) is 84.7 Å². The highest BCUT2D eigenvalue weighted by Gasteiger charge is 2.45. The van der Waals surface area contributed by atoms with Crippen LogP contribution < -0.4 is 10.6 Å². The van der Waals surface area contributed by atoms with Gasteiger partial charge in [0.1, 0.15) is 17.7 Å². The number of nitrogens with one attached hydrogen (secondary N) is 2. The Bertz CT molecular complexity index is 1170. The minimum Gasteiger partial charge on any atom is -0.444 e. The SMILES string of the molecule is Cc1ncsc1-c1ccc(C(CO)NC(=O)[C@@H]2C[C@@H](O)CN2C(=O)C(NC(=O)OC(C)(C)C)C(C)(C)C)cc1. The van der Waals surface area contributed by atoms with Gasteiger partial charge in [0.2, 0.25) is 11.8 Å². The number of nitrogens with zero attached hydrogens (tertiary/aromatic N) is 2. The third-order valence-electron chi connectivity index (χ3n) is 6.46. The van der Waals surface area contributed by atoms with Gasteiger partial charge in [0.05, 0.1) is 34.8 Å². The third-order valence-corrected chi connectivity index (χ3v) is 7.44. The molecule has 0 saturated carbocycles. The number of carbonyl (C=O) groups is 3. The van der Waals surface area contributed by atoms with Crippen molar-refractivity contribution >= 4 is 29.2 Å². The van der Waals surface area contributed by atoms with Crippen molar-refractivity contribution in [2.24, 2.45) is 5.41 Å². The highest BCUT2D eigenvalue weighted by molar-refractivity contribution is 7.13. The van der Waals surface area contributed by atoms with Gasteiger partial charge >= 0.3 is 6.09 Å². The number of hydrogen-bond acceptors (Lipinski definition) is 8. The Kier molecular flexibility index (Phi) is 9.40. The second-order valence-corrected chi connectivity index (χ2v) is 12.8. The Balaban J connectivity index is 1.76. The summed E-state index contributed by atoms with van der Waals surface area (Å²) >= 11 is 1.54. The van der Waals surface area contributed by atoms with Crippen molar-refractivity contribution in [1.29, 1.82) is 0 Å². The average molecular weight is 561 g/mol. The van der Waals surface area contributed by atoms with Gasteiger partial charge in [0, 0.05) is 13.0 Å². The second-order valence-electron chi connectivity index (χ2n) is 12.0. The number of benzene rings is 1. The number of carbonyl (C=O) groups excluding carboxylic acids is 3. The van der Waals surface area contributed by atoms with Crippen LogP contribution in [0, 0.1) is 12.3 Å². The molecule has 1 aliphatic heterocycles. The van der Waals surface area contributed by atoms with E-state index in [1.165, 1.54) is 16.2 Å². The quantitative estimate of drug-likeness (QED) is 0.408. The third kappa shape index (κ3) is 7.77. The fourth-order valence-electron chi connectivity index (χ4n) is 4.49. The topological polar surface area (TPSA) is 141 Å². The predicted octanol–water partition coefficient (Wildman–Crippen LogP) is 3.17. The number of alkyl carbamates (subject to hydrolysis) is 1. The lowest BCUT2D eigenvalue weighted by Crippen LogP contribution is -2.58. The minimum absolute atomic E-state index is 0.0443. The van der Waals surface area contributed by atoms with Gasteiger partial charge in [-0.2, -0.15) is 0 Å². The molecular formula is C28H40N4O6S. The Hall–Kier alpha value is -3.02. The fraction of sp³-hybridized carbons (Fsp3) is 0.571. The molecule has 1 fully saturated rings. The highest BCUT2D eigenvalue weighted by Crippen LogP contribution is 2.29. The van der Waals surface area contributed by atoms with E-state index in [9.17, 15) is 24.6 Å². The van der Waals surface area contributed by atoms with Crippen LogP contribution in [0.1, 0.15) is 65.3 Å². The summed E-state index contributed by atoms with van der Waals surface area (Å²) in [5, 5.41) is 26.0. The summed E-state index contributed by atoms with van der Waals surface area (Å²) < 4.78 is 5.35. The zero-order chi connectivity index (χ0) is 29.1. The Labute approximate surface area is 233 Å². The molecule has 2 aromatic rings. The number of amides is 3. The Morgan fingerprint density at radius 1 is 1.13 bits per heavy atom. The van der Waals surface area contributed by atoms with Crippen molar-refractivity contribution in [3.05, 3.63) is 41.0 Å². The van der Waals surface area contributed by atoms with Crippen LogP contribution in [-0.2, 0) is 14.3 Å². The van der Waals surface area contributed by atoms with Gasteiger partial charge in [-0.15, -0.1) is 11.3 Å². The normalized spacial score (nSPS) is 19.4. The predicted molar refractivity (Wildman–Crippen MR) is 149 cm³/mol. The minimum atomic E-state index is -0.996. The van der Waals surface area contributed by atoms with Gasteiger partial charge in [-0.3, -0.25) is 9.59 Å². The molecule has 0 aliphatic carbocycles. The first-order valence-electron chi connectivity index (χ1n) is 13.0. The lowest BCUT2D eigenvalue weighted by Gasteiger charge is -2.36. The van der Waals surface area contributed by atoms with Crippen LogP contribution in [0.3, 0.4) is 0 Å². The van der Waals surface area contributed by atoms with Gasteiger partial charge < -0.3 is 30.5 Å². The van der Waals surface area contributed by atoms with Crippen LogP contribution in [0.5, 0.6) is 0 Å². The van der Waals surface area contributed by atoms with E-state index in [1.54, 1.807) is 47.1 Å². The van der Waals surface area contributed by atoms with E-state index in [-0.39, 0.29) is 19.6 Å². The number of aryl methyl sites for hydroxylation is 1. The maximum absolute atomic E-state index is 13.7. The lowest BCUT2D eigenvalue weighted by atomic mass is 9.85. The summed E-state index contributed by atoms with van der Waals surface area (Å²) in [7, 11) is 0. The molecule has 0 radical (unpaired) electrons. The first-order valence-corrected chi connectivity index (χ1v) is 13.9. The Morgan fingerprint density at radius 3 is 2.28 bits per heavy atom. The number of β-amino-alcohol motifs (C(OH)–C–C–N with tert-alkyl or cyclic N) is 1. The summed E-state index contributed by atoms with van der Waals surface area (Å²) in [6, 6.07) is 4.83. The van der Waals surface area contributed by atoms with E-state index in [0.717, 1.165) is 16.1 Å². The van der Waals surface area contributed by atoms with Crippen molar-refractivity contribution in [1.82, 2.24) is 20.5 Å². The first-order chi connectivity index (χ1) is 18.1. The number of aliphatic hydroxyl groups excluding tert-OH is 2. The molecule has 4 N–H and O–H groups in total. The highest BCUT2D eigenvalue weighted by atomic mass is 32.1. The lowest BCUT2D eigenvalue weighted by molar-refractivity contribution is -0.142. The molecule has 2 unspecified atom stereocenters. The van der Waals surface area contributed by atoms with E-state index in [0.29, 0.717) is 5.56 Å². The van der Waals surface area contributed by atoms with E-state index >= 15 is 0 Å². The molecule has 0 spiro atoms. The molecule has 1 aliphatic rings. The van der Waals surface area contributed by atoms with E-state index in [2.05, 4.69) is 15.6 Å². The van der Waals surface area contributed by atoms with Crippen molar-refractivity contribution in [3.63, 3.8) is 0 Å². The van der Waals surface area contributed by atoms with E-state index < -0.39 is 53.2 Å². The summed E-state index contributed by atoms with van der Waals surface area (Å²) in [5.74, 6) is -0.985. The summed E-state index contributed by atoms with van der Waals surface area (Å²) in [4.78, 5) is 46.2. The average Bonchev–Trinajstić information content (AvgIpc) is 3.44. The van der Waals surface area contributed by atoms with Crippen LogP contribution >= 0.6 is 11.3 Å². The second kappa shape index (κ2) is 12.0. The first kappa shape index (κ1) is 30.5. The molecule has 1 saturated heterocycles. The van der Waals surface area contributed by atoms with Gasteiger partial charge in [0.15, 0.2) is 0 Å². The summed E-state index contributed by atoms with van der Waals surface area (Å²) in [6.07, 6.45) is -1.60. The number of aliphatic hydroxyl groups is 2. The molecule has 11 heteroatoms. The number of ether oxygens (including phenoxy) is 1. The van der Waals surface area contributed by atoms with Crippen LogP contribution in [0.2, 0.25) is 0 Å². The largest absolute Gasteiger partial charge is 0.444 e. The maximum Gasteiger partial charge on any atom is 0.408 e. The summed E-state index contributed by atoms with van der Waals surface area (Å²) in [5.41, 5.74) is 2.95. The molecule has 1 aromatic heterocycles. The van der Waals surface area contributed by atoms with Gasteiger partial charge in [-0.05, 0) is 44.2 Å². The van der Waals surface area contributed by atoms with Gasteiger partial charge in [0.25, 0.3) is 0 Å². The molecular weight excluding hydrogens is 520 g/mol. The van der Waals surface area contributed by atoms with Crippen molar-refractivity contribution in [2.75, 3.05) is 13.2 Å². The van der Waals surface area contributed by atoms with Crippen LogP contribution in [0.15, 0.2) is 29.8 Å². The van der Waals surface area contributed by atoms with E-state index in [4.69, 9.17) is 4.74 Å². The van der Waals surface area contributed by atoms with Crippen LogP contribution in [-0.4, -0.2) is 74.9 Å². The molecule has 3 rings (SSSR count). The molecule has 39 heavy (non-hydrogen) atoms. The maximum atomic E-state index is 13.7. The van der Waals surface area contributed by atoms with Crippen molar-refractivity contribution in [3.8, 4) is 10.4 Å². The molecule has 214 valence electrons. The van der Waals surface area contributed by atoms with Crippen LogP contribution in [0.25, 0.3) is 10.4 Å². The molecule has 1 aromatic carbocycles. The zero-order valence-electron chi connectivity index (χ0n) is 23.6. The number of thiazole rings is 1. The number of rotatable bonds is 7. The van der Waals surface area contributed by atoms with Gasteiger partial charge in [-0.1, -0.05) is 45.0 Å². The summed E-state index contributed by atoms with van der Waals surface area (Å²) in [6.45, 7) is 12.1. The van der Waals surface area contributed by atoms with E-state index in [1.807, 2.05) is 31.2 Å². The number of aromatic nitrogens is 1. The molecule has 4 atom stereocenters. The molecule has 0 bridgehead atoms. The smallest absolute Gasteiger partial charge is 0.408 e. The standard InChI is InChI=1S/C28H40N4O6S/c1-16-22(39-15-29-16)18-10-8-17(9-11-18)20(14-33)30-24(35)21-12-19(34)13-32(21)25(36)23(27(2,3)4)31-26(37)38-28(5,6)7/h8-11,15,19-21,23,33-34H,12-14H2,1-7H3,(H,30,35)(H,31,37)/t19-,20?,21+,23?/m1/s1. The van der Waals surface area contributed by atoms with Crippen LogP contribution in [0.4, 0.5) is 4.79 Å². The number of likely N-dealkylation sites (tertiary alicyclic amines) is 1. The molecule has 3 amide bonds. The fourth-order valence-corrected chi connectivity index (χ4v) is 5.31. The molecule has 2 heterocycles. The molecule has 10 nitrogen and oxygen atoms in total. The zero-order valence-corrected chi connectivity index (χ0v) is 24.5. The van der Waals surface area contributed by atoms with Gasteiger partial charge in [-0.25, -0.2) is 9.78 Å². The Morgan fingerprint density at radius 2 is 1.77 bits per heavy atom.